The van der Waals surface area contributed by atoms with Crippen LogP contribution in [0.2, 0.25) is 0 Å². The highest BCUT2D eigenvalue weighted by molar-refractivity contribution is 5.95. The Hall–Kier alpha value is -5.81. The van der Waals surface area contributed by atoms with Gasteiger partial charge in [0.15, 0.2) is 0 Å². The van der Waals surface area contributed by atoms with E-state index < -0.39 is 0 Å². The first-order valence-electron chi connectivity index (χ1n) is 17.4. The summed E-state index contributed by atoms with van der Waals surface area (Å²) in [6, 6.07) is 44.5. The third kappa shape index (κ3) is 6.23. The highest BCUT2D eigenvalue weighted by Gasteiger charge is 2.21. The predicted molar refractivity (Wildman–Crippen MR) is 207 cm³/mol. The van der Waals surface area contributed by atoms with Gasteiger partial charge in [0, 0.05) is 29.9 Å². The van der Waals surface area contributed by atoms with Crippen LogP contribution in [-0.2, 0) is 11.2 Å². The summed E-state index contributed by atoms with van der Waals surface area (Å²) in [6.45, 7) is 9.04. The summed E-state index contributed by atoms with van der Waals surface area (Å²) in [5.74, 6) is 1.40. The molecule has 0 saturated heterocycles. The van der Waals surface area contributed by atoms with Crippen molar-refractivity contribution in [2.24, 2.45) is 0 Å². The molecule has 0 unspecified atom stereocenters. The molecule has 0 aliphatic heterocycles. The molecular weight excluding hydrogens is 613 g/mol. The fraction of sp³-hybridized carbons (Fsp3) is 0.178. The van der Waals surface area contributed by atoms with Gasteiger partial charge in [-0.3, -0.25) is 14.3 Å². The van der Waals surface area contributed by atoms with Gasteiger partial charge < -0.3 is 5.32 Å². The molecule has 1 N–H and O–H groups in total. The number of aromatic nitrogens is 3. The van der Waals surface area contributed by atoms with Crippen LogP contribution in [-0.4, -0.2) is 27.5 Å². The van der Waals surface area contributed by atoms with E-state index in [4.69, 9.17) is 9.97 Å². The first-order chi connectivity index (χ1) is 24.3. The van der Waals surface area contributed by atoms with Crippen LogP contribution in [0.4, 0.5) is 0 Å². The Morgan fingerprint density at radius 3 is 2.04 bits per heavy atom. The van der Waals surface area contributed by atoms with Gasteiger partial charge in [0.2, 0.25) is 5.91 Å². The van der Waals surface area contributed by atoms with Gasteiger partial charge in [-0.25, -0.2) is 4.98 Å². The van der Waals surface area contributed by atoms with E-state index in [1.165, 1.54) is 22.3 Å². The average Bonchev–Trinajstić information content (AvgIpc) is 3.52. The fourth-order valence-electron chi connectivity index (χ4n) is 7.00. The third-order valence-electron chi connectivity index (χ3n) is 9.47. The van der Waals surface area contributed by atoms with Crippen molar-refractivity contribution in [2.75, 3.05) is 7.05 Å². The Morgan fingerprint density at radius 2 is 1.30 bits per heavy atom. The van der Waals surface area contributed by atoms with Gasteiger partial charge in [-0.15, -0.1) is 0 Å². The quantitative estimate of drug-likeness (QED) is 0.169. The third-order valence-corrected chi connectivity index (χ3v) is 9.47. The molecule has 1 amide bonds. The van der Waals surface area contributed by atoms with Crippen LogP contribution in [0.1, 0.15) is 56.5 Å². The minimum absolute atomic E-state index is 0.0899. The van der Waals surface area contributed by atoms with Crippen molar-refractivity contribution in [1.82, 2.24) is 19.9 Å². The Bertz CT molecular complexity index is 2290. The fourth-order valence-corrected chi connectivity index (χ4v) is 7.00. The van der Waals surface area contributed by atoms with Gasteiger partial charge in [-0.2, -0.15) is 0 Å². The second-order valence-electron chi connectivity index (χ2n) is 13.4. The highest BCUT2D eigenvalue weighted by Crippen LogP contribution is 2.39. The lowest BCUT2D eigenvalue weighted by molar-refractivity contribution is -0.120. The summed E-state index contributed by atoms with van der Waals surface area (Å²) in [4.78, 5) is 22.9. The van der Waals surface area contributed by atoms with E-state index in [2.05, 4.69) is 141 Å². The number of fused-ring (bicyclic) bond motifs is 1. The van der Waals surface area contributed by atoms with E-state index in [1.807, 2.05) is 30.5 Å². The summed E-state index contributed by atoms with van der Waals surface area (Å²) < 4.78 is 2.14. The van der Waals surface area contributed by atoms with Gasteiger partial charge in [0.1, 0.15) is 5.82 Å². The van der Waals surface area contributed by atoms with E-state index in [0.29, 0.717) is 17.7 Å². The molecule has 7 aromatic rings. The average molecular weight is 655 g/mol. The van der Waals surface area contributed by atoms with Crippen LogP contribution in [0.5, 0.6) is 0 Å². The molecule has 0 atom stereocenters. The monoisotopic (exact) mass is 654 g/mol. The van der Waals surface area contributed by atoms with Crippen LogP contribution in [0.25, 0.3) is 61.4 Å². The van der Waals surface area contributed by atoms with Gasteiger partial charge in [-0.1, -0.05) is 125 Å². The second kappa shape index (κ2) is 14.0. The Balaban J connectivity index is 1.37. The molecule has 0 bridgehead atoms. The maximum atomic E-state index is 12.8. The number of pyridine rings is 1. The number of rotatable bonds is 9. The number of nitrogens with one attached hydrogen (secondary N) is 1. The number of hydrogen-bond acceptors (Lipinski definition) is 3. The van der Waals surface area contributed by atoms with Crippen molar-refractivity contribution in [3.8, 4) is 50.3 Å². The molecule has 2 aromatic heterocycles. The first-order valence-corrected chi connectivity index (χ1v) is 17.4. The van der Waals surface area contributed by atoms with E-state index in [0.717, 1.165) is 50.2 Å². The van der Waals surface area contributed by atoms with Gasteiger partial charge in [0.25, 0.3) is 0 Å². The molecule has 0 aliphatic rings. The minimum Gasteiger partial charge on any atom is -0.359 e. The molecule has 0 saturated carbocycles. The summed E-state index contributed by atoms with van der Waals surface area (Å²) in [7, 11) is 1.66. The van der Waals surface area contributed by atoms with E-state index in [-0.39, 0.29) is 12.3 Å². The molecule has 5 nitrogen and oxygen atoms in total. The Labute approximate surface area is 294 Å². The molecule has 7 rings (SSSR count). The number of nitrogens with zero attached hydrogens (tertiary/aromatic N) is 3. The molecule has 5 aromatic carbocycles. The second-order valence-corrected chi connectivity index (χ2v) is 13.4. The van der Waals surface area contributed by atoms with Crippen molar-refractivity contribution in [3.63, 3.8) is 0 Å². The molecule has 0 spiro atoms. The first kappa shape index (κ1) is 32.7. The number of amides is 1. The number of carbonyl (C=O) groups is 1. The maximum Gasteiger partial charge on any atom is 0.227 e. The van der Waals surface area contributed by atoms with Gasteiger partial charge in [0.05, 0.1) is 28.8 Å². The summed E-state index contributed by atoms with van der Waals surface area (Å²) in [6.07, 6.45) is 2.08. The van der Waals surface area contributed by atoms with Crippen molar-refractivity contribution in [2.45, 2.75) is 46.0 Å². The zero-order chi connectivity index (χ0) is 34.8. The number of likely N-dealkylation sites (N-methyl/N-ethyl adjacent to an activating group) is 1. The van der Waals surface area contributed by atoms with Gasteiger partial charge in [-0.05, 0) is 75.5 Å². The van der Waals surface area contributed by atoms with Gasteiger partial charge >= 0.3 is 0 Å². The summed E-state index contributed by atoms with van der Waals surface area (Å²) in [5.41, 5.74) is 14.2. The molecule has 248 valence electrons. The van der Waals surface area contributed by atoms with Crippen LogP contribution >= 0.6 is 0 Å². The number of hydrogen-bond donors (Lipinski definition) is 1. The lowest BCUT2D eigenvalue weighted by Gasteiger charge is -2.20. The smallest absolute Gasteiger partial charge is 0.227 e. The van der Waals surface area contributed by atoms with E-state index in [9.17, 15) is 4.79 Å². The number of benzene rings is 5. The number of imidazole rings is 1. The molecule has 50 heavy (non-hydrogen) atoms. The van der Waals surface area contributed by atoms with Crippen molar-refractivity contribution in [3.05, 3.63) is 151 Å². The van der Waals surface area contributed by atoms with E-state index >= 15 is 0 Å². The molecular formula is C45H42N4O. The van der Waals surface area contributed by atoms with Crippen molar-refractivity contribution in [1.29, 1.82) is 0 Å². The van der Waals surface area contributed by atoms with Crippen LogP contribution in [0.15, 0.2) is 134 Å². The molecule has 0 radical (unpaired) electrons. The van der Waals surface area contributed by atoms with Crippen LogP contribution in [0, 0.1) is 0 Å². The largest absolute Gasteiger partial charge is 0.359 e. The number of para-hydroxylation sites is 2. The van der Waals surface area contributed by atoms with Crippen molar-refractivity contribution >= 4 is 16.9 Å². The predicted octanol–water partition coefficient (Wildman–Crippen LogP) is 10.6. The molecule has 2 heterocycles. The topological polar surface area (TPSA) is 59.8 Å². The van der Waals surface area contributed by atoms with E-state index in [1.54, 1.807) is 7.05 Å². The zero-order valence-electron chi connectivity index (χ0n) is 29.3. The lowest BCUT2D eigenvalue weighted by atomic mass is 9.85. The molecule has 0 fully saturated rings. The minimum atomic E-state index is -0.0899. The standard InChI is InChI=1S/C45H42N4O/c1-29(2)35-19-12-20-36(30(3)4)44(35)34-24-25-47-39(27-34)33-17-11-16-32(26-33)38-21-13-23-41-45(38)48-42(28-43(50)46-5)49(41)40-22-10-9-18-37(40)31-14-7-6-8-15-31/h6-27,29-30H,28H2,1-5H3,(H,46,50). The SMILES string of the molecule is CNC(=O)Cc1nc2c(-c3cccc(-c4cc(-c5c(C(C)C)cccc5C(C)C)ccn4)c3)cccc2n1-c1ccccc1-c1ccccc1. The Morgan fingerprint density at radius 1 is 0.660 bits per heavy atom. The maximum absolute atomic E-state index is 12.8. The Kier molecular flexibility index (Phi) is 9.14. The molecule has 5 heteroatoms. The number of carbonyl (C=O) groups excluding carboxylic acids is 1. The summed E-state index contributed by atoms with van der Waals surface area (Å²) in [5, 5.41) is 2.79. The zero-order valence-corrected chi connectivity index (χ0v) is 29.3. The highest BCUT2D eigenvalue weighted by atomic mass is 16.1. The molecule has 0 aliphatic carbocycles. The van der Waals surface area contributed by atoms with Crippen LogP contribution < -0.4 is 5.32 Å². The normalized spacial score (nSPS) is 11.4. The summed E-state index contributed by atoms with van der Waals surface area (Å²) >= 11 is 0. The lowest BCUT2D eigenvalue weighted by Crippen LogP contribution is -2.22. The van der Waals surface area contributed by atoms with Crippen LogP contribution in [0.3, 0.4) is 0 Å². The van der Waals surface area contributed by atoms with Crippen molar-refractivity contribution < 1.29 is 4.79 Å².